The van der Waals surface area contributed by atoms with Gasteiger partial charge in [-0.25, -0.2) is 0 Å². The highest BCUT2D eigenvalue weighted by Crippen LogP contribution is 2.43. The van der Waals surface area contributed by atoms with Crippen LogP contribution in [0.3, 0.4) is 0 Å². The summed E-state index contributed by atoms with van der Waals surface area (Å²) in [4.78, 5) is 2.27. The van der Waals surface area contributed by atoms with Crippen LogP contribution >= 0.6 is 11.6 Å². The van der Waals surface area contributed by atoms with Crippen LogP contribution in [0, 0.1) is 0 Å². The lowest BCUT2D eigenvalue weighted by atomic mass is 9.85. The molecule has 0 saturated heterocycles. The van der Waals surface area contributed by atoms with Crippen LogP contribution in [-0.4, -0.2) is 41.9 Å². The highest BCUT2D eigenvalue weighted by Gasteiger charge is 2.29. The molecule has 2 aromatic rings. The Kier molecular flexibility index (Phi) is 4.26. The van der Waals surface area contributed by atoms with E-state index in [0.29, 0.717) is 11.6 Å². The summed E-state index contributed by atoms with van der Waals surface area (Å²) in [5, 5.41) is 20.8. The zero-order valence-electron chi connectivity index (χ0n) is 14.3. The highest BCUT2D eigenvalue weighted by atomic mass is 35.5. The number of nitrogens with zero attached hydrogens (tertiary/aromatic N) is 1. The Balaban J connectivity index is 1.90. The standard InChI is InChI=1S/C20H22ClNO3/c1-22-5-4-12-8-18(21)19(24)10-15(12)17(11-22)16-9-14(23)7-13-3-2-6-25-20(13)16/h7-10,17,23-24H,2-6,11H2,1H3. The molecule has 1 unspecified atom stereocenters. The van der Waals surface area contributed by atoms with E-state index in [-0.39, 0.29) is 17.4 Å². The van der Waals surface area contributed by atoms with Gasteiger partial charge >= 0.3 is 0 Å². The molecule has 1 atom stereocenters. The molecule has 5 heteroatoms. The van der Waals surface area contributed by atoms with Crippen molar-refractivity contribution in [2.45, 2.75) is 25.2 Å². The molecule has 25 heavy (non-hydrogen) atoms. The van der Waals surface area contributed by atoms with E-state index in [4.69, 9.17) is 16.3 Å². The zero-order valence-corrected chi connectivity index (χ0v) is 15.0. The first-order valence-electron chi connectivity index (χ1n) is 8.71. The van der Waals surface area contributed by atoms with Crippen LogP contribution < -0.4 is 4.74 Å². The molecular weight excluding hydrogens is 338 g/mol. The number of phenols is 2. The van der Waals surface area contributed by atoms with E-state index in [2.05, 4.69) is 11.9 Å². The number of fused-ring (bicyclic) bond motifs is 2. The summed E-state index contributed by atoms with van der Waals surface area (Å²) in [7, 11) is 2.09. The van der Waals surface area contributed by atoms with E-state index in [1.807, 2.05) is 12.1 Å². The molecular formula is C20H22ClNO3. The molecule has 0 aromatic heterocycles. The molecule has 4 rings (SSSR count). The van der Waals surface area contributed by atoms with Gasteiger partial charge in [-0.15, -0.1) is 0 Å². The maximum absolute atomic E-state index is 10.2. The van der Waals surface area contributed by atoms with Crippen molar-refractivity contribution in [3.05, 3.63) is 51.5 Å². The van der Waals surface area contributed by atoms with Gasteiger partial charge in [0.25, 0.3) is 0 Å². The van der Waals surface area contributed by atoms with Crippen LogP contribution in [0.5, 0.6) is 17.2 Å². The number of hydrogen-bond donors (Lipinski definition) is 2. The van der Waals surface area contributed by atoms with E-state index < -0.39 is 0 Å². The summed E-state index contributed by atoms with van der Waals surface area (Å²) < 4.78 is 5.99. The second kappa shape index (κ2) is 6.43. The quantitative estimate of drug-likeness (QED) is 0.815. The molecule has 0 radical (unpaired) electrons. The second-order valence-electron chi connectivity index (χ2n) is 7.04. The van der Waals surface area contributed by atoms with Gasteiger partial charge in [0.05, 0.1) is 11.6 Å². The number of ether oxygens (including phenoxy) is 1. The summed E-state index contributed by atoms with van der Waals surface area (Å²) in [5.41, 5.74) is 4.26. The third-order valence-corrected chi connectivity index (χ3v) is 5.54. The molecule has 2 aliphatic heterocycles. The summed E-state index contributed by atoms with van der Waals surface area (Å²) in [6, 6.07) is 7.26. The Labute approximate surface area is 152 Å². The maximum Gasteiger partial charge on any atom is 0.134 e. The lowest BCUT2D eigenvalue weighted by Crippen LogP contribution is -2.25. The number of halogens is 1. The van der Waals surface area contributed by atoms with Crippen molar-refractivity contribution < 1.29 is 14.9 Å². The first-order chi connectivity index (χ1) is 12.0. The molecule has 2 aromatic carbocycles. The van der Waals surface area contributed by atoms with Crippen molar-refractivity contribution in [3.8, 4) is 17.2 Å². The Morgan fingerprint density at radius 3 is 2.76 bits per heavy atom. The van der Waals surface area contributed by atoms with Gasteiger partial charge in [-0.05, 0) is 67.3 Å². The molecule has 2 aliphatic rings. The monoisotopic (exact) mass is 359 g/mol. The topological polar surface area (TPSA) is 52.9 Å². The fraction of sp³-hybridized carbons (Fsp3) is 0.400. The summed E-state index contributed by atoms with van der Waals surface area (Å²) in [6.45, 7) is 2.42. The first-order valence-corrected chi connectivity index (χ1v) is 9.09. The molecule has 0 aliphatic carbocycles. The van der Waals surface area contributed by atoms with Gasteiger partial charge in [0, 0.05) is 24.6 Å². The van der Waals surface area contributed by atoms with Gasteiger partial charge in [0.1, 0.15) is 17.2 Å². The minimum Gasteiger partial charge on any atom is -0.508 e. The SMILES string of the molecule is CN1CCc2cc(Cl)c(O)cc2C(c2cc(O)cc3c2OCCC3)C1. The Morgan fingerprint density at radius 1 is 1.08 bits per heavy atom. The fourth-order valence-electron chi connectivity index (χ4n) is 3.99. The van der Waals surface area contributed by atoms with E-state index in [1.165, 1.54) is 0 Å². The molecule has 0 saturated carbocycles. The third kappa shape index (κ3) is 3.05. The van der Waals surface area contributed by atoms with Crippen molar-refractivity contribution in [2.24, 2.45) is 0 Å². The zero-order chi connectivity index (χ0) is 17.6. The van der Waals surface area contributed by atoms with Crippen molar-refractivity contribution in [3.63, 3.8) is 0 Å². The Morgan fingerprint density at radius 2 is 1.92 bits per heavy atom. The largest absolute Gasteiger partial charge is 0.508 e. The minimum atomic E-state index is 0.0182. The van der Waals surface area contributed by atoms with Crippen LogP contribution in [0.4, 0.5) is 0 Å². The Bertz CT molecular complexity index is 821. The van der Waals surface area contributed by atoms with Gasteiger partial charge in [0.2, 0.25) is 0 Å². The molecule has 0 amide bonds. The fourth-order valence-corrected chi connectivity index (χ4v) is 4.18. The number of phenolic OH excluding ortho intramolecular Hbond substituents is 2. The van der Waals surface area contributed by atoms with Crippen LogP contribution in [0.15, 0.2) is 24.3 Å². The molecule has 2 heterocycles. The van der Waals surface area contributed by atoms with Crippen molar-refractivity contribution >= 4 is 11.6 Å². The number of aromatic hydroxyl groups is 2. The number of hydrogen-bond acceptors (Lipinski definition) is 4. The van der Waals surface area contributed by atoms with E-state index >= 15 is 0 Å². The average molecular weight is 360 g/mol. The van der Waals surface area contributed by atoms with E-state index in [0.717, 1.165) is 60.4 Å². The summed E-state index contributed by atoms with van der Waals surface area (Å²) in [6.07, 6.45) is 2.76. The molecule has 4 nitrogen and oxygen atoms in total. The van der Waals surface area contributed by atoms with Crippen LogP contribution in [-0.2, 0) is 12.8 Å². The maximum atomic E-state index is 10.2. The molecule has 132 valence electrons. The van der Waals surface area contributed by atoms with Gasteiger partial charge in [-0.2, -0.15) is 0 Å². The van der Waals surface area contributed by atoms with Crippen molar-refractivity contribution in [2.75, 3.05) is 26.7 Å². The summed E-state index contributed by atoms with van der Waals surface area (Å²) >= 11 is 6.14. The minimum absolute atomic E-state index is 0.0182. The second-order valence-corrected chi connectivity index (χ2v) is 7.45. The number of rotatable bonds is 1. The van der Waals surface area contributed by atoms with Gasteiger partial charge in [-0.3, -0.25) is 0 Å². The van der Waals surface area contributed by atoms with Crippen molar-refractivity contribution in [1.82, 2.24) is 4.90 Å². The number of aryl methyl sites for hydroxylation is 1. The van der Waals surface area contributed by atoms with Gasteiger partial charge in [-0.1, -0.05) is 11.6 Å². The van der Waals surface area contributed by atoms with Gasteiger partial charge < -0.3 is 19.8 Å². The average Bonchev–Trinajstić information content (AvgIpc) is 2.74. The smallest absolute Gasteiger partial charge is 0.134 e. The summed E-state index contributed by atoms with van der Waals surface area (Å²) in [5.74, 6) is 1.28. The predicted molar refractivity (Wildman–Crippen MR) is 98.1 cm³/mol. The number of likely N-dealkylation sites (N-methyl/N-ethyl adjacent to an activating group) is 1. The normalized spacial score (nSPS) is 20.3. The van der Waals surface area contributed by atoms with E-state index in [1.54, 1.807) is 12.1 Å². The van der Waals surface area contributed by atoms with Crippen molar-refractivity contribution in [1.29, 1.82) is 0 Å². The van der Waals surface area contributed by atoms with Gasteiger partial charge in [0.15, 0.2) is 0 Å². The molecule has 0 spiro atoms. The number of benzene rings is 2. The first kappa shape index (κ1) is 16.6. The lowest BCUT2D eigenvalue weighted by molar-refractivity contribution is 0.279. The highest BCUT2D eigenvalue weighted by molar-refractivity contribution is 6.32. The third-order valence-electron chi connectivity index (χ3n) is 5.23. The molecule has 0 fully saturated rings. The lowest BCUT2D eigenvalue weighted by Gasteiger charge is -2.28. The van der Waals surface area contributed by atoms with Crippen LogP contribution in [0.2, 0.25) is 5.02 Å². The molecule has 0 bridgehead atoms. The predicted octanol–water partition coefficient (Wildman–Crippen LogP) is 3.70. The Hall–Kier alpha value is -1.91. The van der Waals surface area contributed by atoms with Crippen LogP contribution in [0.25, 0.3) is 0 Å². The van der Waals surface area contributed by atoms with Crippen LogP contribution in [0.1, 0.15) is 34.6 Å². The molecule has 2 N–H and O–H groups in total. The van der Waals surface area contributed by atoms with E-state index in [9.17, 15) is 10.2 Å².